The number of carbonyl (C=O) groups excluding carboxylic acids is 1. The first kappa shape index (κ1) is 15.0. The Morgan fingerprint density at radius 2 is 2.00 bits per heavy atom. The average molecular weight is 224 g/mol. The molecular weight excluding hydrogens is 200 g/mol. The van der Waals surface area contributed by atoms with Gasteiger partial charge in [-0.25, -0.2) is 0 Å². The Morgan fingerprint density at radius 1 is 1.38 bits per heavy atom. The number of carbonyl (C=O) groups is 1. The van der Waals surface area contributed by atoms with Crippen LogP contribution in [0.15, 0.2) is 0 Å². The molecule has 0 aromatic heterocycles. The van der Waals surface area contributed by atoms with Gasteiger partial charge in [0.2, 0.25) is 5.91 Å². The molecule has 0 aliphatic heterocycles. The Kier molecular flexibility index (Phi) is 7.62. The lowest BCUT2D eigenvalue weighted by Gasteiger charge is -2.26. The zero-order chi connectivity index (χ0) is 12.6. The summed E-state index contributed by atoms with van der Waals surface area (Å²) >= 11 is 0. The number of nitriles is 1. The molecule has 0 aliphatic rings. The molecule has 0 aliphatic carbocycles. The Bertz CT molecular complexity index is 243. The maximum atomic E-state index is 12.1. The fourth-order valence-corrected chi connectivity index (χ4v) is 1.79. The van der Waals surface area contributed by atoms with Gasteiger partial charge in [0, 0.05) is 19.0 Å². The number of rotatable bonds is 7. The second-order valence-corrected chi connectivity index (χ2v) is 4.78. The molecule has 0 bridgehead atoms. The minimum atomic E-state index is 0.0856. The topological polar surface area (TPSA) is 44.1 Å². The zero-order valence-electron chi connectivity index (χ0n) is 11.0. The van der Waals surface area contributed by atoms with Gasteiger partial charge in [0.05, 0.1) is 12.5 Å². The molecule has 1 atom stereocenters. The van der Waals surface area contributed by atoms with E-state index in [0.717, 1.165) is 19.4 Å². The van der Waals surface area contributed by atoms with E-state index >= 15 is 0 Å². The third-order valence-electron chi connectivity index (χ3n) is 2.53. The molecule has 0 aromatic carbocycles. The Morgan fingerprint density at radius 3 is 2.44 bits per heavy atom. The van der Waals surface area contributed by atoms with Gasteiger partial charge in [-0.15, -0.1) is 0 Å². The van der Waals surface area contributed by atoms with Crippen molar-refractivity contribution in [3.63, 3.8) is 0 Å². The predicted molar refractivity (Wildman–Crippen MR) is 65.7 cm³/mol. The van der Waals surface area contributed by atoms with Gasteiger partial charge in [-0.05, 0) is 12.3 Å². The molecule has 1 unspecified atom stereocenters. The molecule has 0 rings (SSSR count). The van der Waals surface area contributed by atoms with E-state index in [1.807, 2.05) is 11.8 Å². The molecule has 3 nitrogen and oxygen atoms in total. The first-order valence-electron chi connectivity index (χ1n) is 6.18. The number of hydrogen-bond acceptors (Lipinski definition) is 2. The molecule has 16 heavy (non-hydrogen) atoms. The van der Waals surface area contributed by atoms with E-state index in [4.69, 9.17) is 5.26 Å². The third-order valence-corrected chi connectivity index (χ3v) is 2.53. The molecule has 3 heteroatoms. The highest BCUT2D eigenvalue weighted by Crippen LogP contribution is 2.11. The normalized spacial score (nSPS) is 12.2. The van der Waals surface area contributed by atoms with Crippen molar-refractivity contribution in [1.82, 2.24) is 4.90 Å². The van der Waals surface area contributed by atoms with E-state index in [2.05, 4.69) is 26.8 Å². The molecule has 92 valence electrons. The second kappa shape index (κ2) is 8.15. The lowest BCUT2D eigenvalue weighted by molar-refractivity contribution is -0.135. The van der Waals surface area contributed by atoms with E-state index < -0.39 is 0 Å². The van der Waals surface area contributed by atoms with E-state index in [1.54, 1.807) is 0 Å². The molecule has 0 saturated heterocycles. The van der Waals surface area contributed by atoms with Gasteiger partial charge < -0.3 is 4.90 Å². The van der Waals surface area contributed by atoms with Crippen LogP contribution in [0.1, 0.15) is 47.0 Å². The highest BCUT2D eigenvalue weighted by atomic mass is 16.2. The molecule has 0 N–H and O–H groups in total. The van der Waals surface area contributed by atoms with Gasteiger partial charge in [0.1, 0.15) is 0 Å². The summed E-state index contributed by atoms with van der Waals surface area (Å²) in [6.07, 6.45) is 2.39. The van der Waals surface area contributed by atoms with Crippen molar-refractivity contribution in [3.8, 4) is 6.07 Å². The van der Waals surface area contributed by atoms with Crippen LogP contribution in [-0.2, 0) is 4.79 Å². The predicted octanol–water partition coefficient (Wildman–Crippen LogP) is 2.82. The average Bonchev–Trinajstić information content (AvgIpc) is 2.23. The van der Waals surface area contributed by atoms with Crippen LogP contribution in [0, 0.1) is 23.2 Å². The van der Waals surface area contributed by atoms with Crippen LogP contribution in [0.4, 0.5) is 0 Å². The van der Waals surface area contributed by atoms with Crippen LogP contribution in [0.25, 0.3) is 0 Å². The minimum Gasteiger partial charge on any atom is -0.341 e. The van der Waals surface area contributed by atoms with Crippen LogP contribution >= 0.6 is 0 Å². The fraction of sp³-hybridized carbons (Fsp3) is 0.846. The second-order valence-electron chi connectivity index (χ2n) is 4.78. The summed E-state index contributed by atoms with van der Waals surface area (Å²) in [4.78, 5) is 13.9. The minimum absolute atomic E-state index is 0.0856. The summed E-state index contributed by atoms with van der Waals surface area (Å²) in [5.74, 6) is 0.740. The number of amides is 1. The van der Waals surface area contributed by atoms with E-state index in [9.17, 15) is 4.79 Å². The Labute approximate surface area is 99.4 Å². The third kappa shape index (κ3) is 5.75. The molecule has 0 radical (unpaired) electrons. The quantitative estimate of drug-likeness (QED) is 0.667. The lowest BCUT2D eigenvalue weighted by atomic mass is 10.0. The molecule has 0 fully saturated rings. The summed E-state index contributed by atoms with van der Waals surface area (Å²) in [6.45, 7) is 9.59. The molecule has 1 amide bonds. The van der Waals surface area contributed by atoms with Crippen LogP contribution in [0.5, 0.6) is 0 Å². The maximum Gasteiger partial charge on any atom is 0.225 e. The highest BCUT2D eigenvalue weighted by molar-refractivity contribution is 5.78. The standard InChI is InChI=1S/C13H24N2O/c1-5-7-12(4)13(16)15(9-6-8-14)10-11(2)3/h11-12H,5-7,9-10H2,1-4H3. The Hall–Kier alpha value is -1.04. The van der Waals surface area contributed by atoms with Gasteiger partial charge in [-0.1, -0.05) is 34.1 Å². The summed E-state index contributed by atoms with van der Waals surface area (Å²) in [5, 5.41) is 8.59. The van der Waals surface area contributed by atoms with Crippen LogP contribution in [0.3, 0.4) is 0 Å². The van der Waals surface area contributed by atoms with E-state index in [1.165, 1.54) is 0 Å². The molecule has 0 aromatic rings. The fourth-order valence-electron chi connectivity index (χ4n) is 1.79. The summed E-state index contributed by atoms with van der Waals surface area (Å²) in [7, 11) is 0. The van der Waals surface area contributed by atoms with Crippen LogP contribution < -0.4 is 0 Å². The summed E-state index contributed by atoms with van der Waals surface area (Å²) in [5.41, 5.74) is 0. The van der Waals surface area contributed by atoms with Gasteiger partial charge in [-0.3, -0.25) is 4.79 Å². The SMILES string of the molecule is CCCC(C)C(=O)N(CCC#N)CC(C)C. The largest absolute Gasteiger partial charge is 0.341 e. The van der Waals surface area contributed by atoms with Gasteiger partial charge in [0.15, 0.2) is 0 Å². The summed E-state index contributed by atoms with van der Waals surface area (Å²) in [6, 6.07) is 2.10. The number of nitrogens with zero attached hydrogens (tertiary/aromatic N) is 2. The first-order chi connectivity index (χ1) is 7.52. The van der Waals surface area contributed by atoms with Gasteiger partial charge in [0.25, 0.3) is 0 Å². The van der Waals surface area contributed by atoms with Gasteiger partial charge in [-0.2, -0.15) is 5.26 Å². The first-order valence-corrected chi connectivity index (χ1v) is 6.18. The van der Waals surface area contributed by atoms with E-state index in [0.29, 0.717) is 18.9 Å². The molecular formula is C13H24N2O. The summed E-state index contributed by atoms with van der Waals surface area (Å²) < 4.78 is 0. The van der Waals surface area contributed by atoms with Crippen LogP contribution in [0.2, 0.25) is 0 Å². The highest BCUT2D eigenvalue weighted by Gasteiger charge is 2.19. The Balaban J connectivity index is 4.36. The lowest BCUT2D eigenvalue weighted by Crippen LogP contribution is -2.38. The van der Waals surface area contributed by atoms with Crippen molar-refractivity contribution in [1.29, 1.82) is 5.26 Å². The van der Waals surface area contributed by atoms with E-state index in [-0.39, 0.29) is 11.8 Å². The van der Waals surface area contributed by atoms with Crippen molar-refractivity contribution in [3.05, 3.63) is 0 Å². The zero-order valence-corrected chi connectivity index (χ0v) is 11.0. The van der Waals surface area contributed by atoms with Crippen molar-refractivity contribution in [2.75, 3.05) is 13.1 Å². The number of hydrogen-bond donors (Lipinski definition) is 0. The molecule has 0 spiro atoms. The molecule has 0 heterocycles. The maximum absolute atomic E-state index is 12.1. The van der Waals surface area contributed by atoms with Crippen molar-refractivity contribution < 1.29 is 4.79 Å². The van der Waals surface area contributed by atoms with Crippen molar-refractivity contribution >= 4 is 5.91 Å². The monoisotopic (exact) mass is 224 g/mol. The van der Waals surface area contributed by atoms with Crippen molar-refractivity contribution in [2.24, 2.45) is 11.8 Å². The van der Waals surface area contributed by atoms with Gasteiger partial charge >= 0.3 is 0 Å². The van der Waals surface area contributed by atoms with Crippen molar-refractivity contribution in [2.45, 2.75) is 47.0 Å². The van der Waals surface area contributed by atoms with Crippen LogP contribution in [-0.4, -0.2) is 23.9 Å². The smallest absolute Gasteiger partial charge is 0.225 e. The molecule has 0 saturated carbocycles.